The molecule has 0 atom stereocenters. The third-order valence-corrected chi connectivity index (χ3v) is 3.60. The summed E-state index contributed by atoms with van der Waals surface area (Å²) in [6.45, 7) is 3.20. The summed E-state index contributed by atoms with van der Waals surface area (Å²) in [5, 5.41) is 14.8. The van der Waals surface area contributed by atoms with Crippen molar-refractivity contribution in [2.45, 2.75) is 26.4 Å². The van der Waals surface area contributed by atoms with Gasteiger partial charge < -0.3 is 5.32 Å². The van der Waals surface area contributed by atoms with Crippen LogP contribution in [0.4, 0.5) is 5.69 Å². The number of aryl methyl sites for hydroxylation is 1. The number of hydrogen-bond donors (Lipinski definition) is 1. The lowest BCUT2D eigenvalue weighted by Gasteiger charge is -2.09. The summed E-state index contributed by atoms with van der Waals surface area (Å²) in [4.78, 5) is 10.6. The summed E-state index contributed by atoms with van der Waals surface area (Å²) in [6, 6.07) is 12.8. The largest absolute Gasteiger partial charge is 0.308 e. The Morgan fingerprint density at radius 1 is 1.10 bits per heavy atom. The van der Waals surface area contributed by atoms with Crippen LogP contribution in [0.1, 0.15) is 23.6 Å². The number of rotatable bonds is 6. The first-order valence-corrected chi connectivity index (χ1v) is 7.20. The number of nitrogens with one attached hydrogen (secondary N) is 1. The Morgan fingerprint density at radius 2 is 1.76 bits per heavy atom. The van der Waals surface area contributed by atoms with Gasteiger partial charge >= 0.3 is 0 Å². The highest BCUT2D eigenvalue weighted by atomic mass is 35.5. The highest BCUT2D eigenvalue weighted by Crippen LogP contribution is 2.22. The van der Waals surface area contributed by atoms with E-state index >= 15 is 0 Å². The van der Waals surface area contributed by atoms with Gasteiger partial charge in [-0.05, 0) is 29.7 Å². The molecule has 0 aromatic heterocycles. The maximum Gasteiger partial charge on any atom is 0.273 e. The second-order valence-electron chi connectivity index (χ2n) is 4.76. The van der Waals surface area contributed by atoms with Crippen molar-refractivity contribution in [3.63, 3.8) is 0 Å². The van der Waals surface area contributed by atoms with Crippen LogP contribution in [0.3, 0.4) is 0 Å². The average molecular weight is 305 g/mol. The van der Waals surface area contributed by atoms with E-state index in [1.54, 1.807) is 6.07 Å². The molecule has 2 rings (SSSR count). The summed E-state index contributed by atoms with van der Waals surface area (Å²) in [5.74, 6) is 0. The van der Waals surface area contributed by atoms with Crippen LogP contribution in [0.15, 0.2) is 42.5 Å². The average Bonchev–Trinajstić information content (AvgIpc) is 2.47. The molecule has 21 heavy (non-hydrogen) atoms. The lowest BCUT2D eigenvalue weighted by molar-refractivity contribution is -0.385. The first kappa shape index (κ1) is 15.5. The summed E-state index contributed by atoms with van der Waals surface area (Å²) >= 11 is 5.91. The minimum absolute atomic E-state index is 0.0932. The number of hydrogen-bond acceptors (Lipinski definition) is 3. The third kappa shape index (κ3) is 4.03. The molecule has 0 unspecified atom stereocenters. The van der Waals surface area contributed by atoms with Gasteiger partial charge in [0.25, 0.3) is 5.69 Å². The van der Waals surface area contributed by atoms with Crippen LogP contribution in [0.5, 0.6) is 0 Å². The molecule has 0 aliphatic heterocycles. The molecule has 0 saturated carbocycles. The minimum Gasteiger partial charge on any atom is -0.308 e. The van der Waals surface area contributed by atoms with Crippen LogP contribution < -0.4 is 5.32 Å². The van der Waals surface area contributed by atoms with Crippen LogP contribution in [-0.4, -0.2) is 4.92 Å². The second kappa shape index (κ2) is 7.20. The lowest BCUT2D eigenvalue weighted by atomic mass is 10.1. The molecule has 110 valence electrons. The number of nitro groups is 1. The normalized spacial score (nSPS) is 10.6. The van der Waals surface area contributed by atoms with Gasteiger partial charge in [-0.3, -0.25) is 10.1 Å². The molecule has 0 amide bonds. The summed E-state index contributed by atoms with van der Waals surface area (Å²) in [5.41, 5.74) is 3.19. The lowest BCUT2D eigenvalue weighted by Crippen LogP contribution is -2.15. The van der Waals surface area contributed by atoms with E-state index in [1.807, 2.05) is 12.1 Å². The topological polar surface area (TPSA) is 55.2 Å². The van der Waals surface area contributed by atoms with Gasteiger partial charge in [0.2, 0.25) is 0 Å². The Morgan fingerprint density at radius 3 is 2.43 bits per heavy atom. The van der Waals surface area contributed by atoms with Gasteiger partial charge in [-0.1, -0.05) is 42.8 Å². The van der Waals surface area contributed by atoms with Crippen LogP contribution in [0, 0.1) is 10.1 Å². The molecule has 0 spiro atoms. The van der Waals surface area contributed by atoms with Gasteiger partial charge in [-0.25, -0.2) is 0 Å². The highest BCUT2D eigenvalue weighted by molar-refractivity contribution is 6.30. The van der Waals surface area contributed by atoms with E-state index in [4.69, 9.17) is 11.6 Å². The van der Waals surface area contributed by atoms with Crippen molar-refractivity contribution < 1.29 is 4.92 Å². The number of halogens is 1. The van der Waals surface area contributed by atoms with Gasteiger partial charge in [-0.15, -0.1) is 0 Å². The quantitative estimate of drug-likeness (QED) is 0.645. The number of benzene rings is 2. The van der Waals surface area contributed by atoms with Gasteiger partial charge in [0, 0.05) is 29.7 Å². The molecule has 0 heterocycles. The Labute approximate surface area is 128 Å². The van der Waals surface area contributed by atoms with E-state index < -0.39 is 0 Å². The second-order valence-corrected chi connectivity index (χ2v) is 5.19. The summed E-state index contributed by atoms with van der Waals surface area (Å²) < 4.78 is 0. The Balaban J connectivity index is 2.07. The van der Waals surface area contributed by atoms with Gasteiger partial charge in [0.1, 0.15) is 0 Å². The van der Waals surface area contributed by atoms with Crippen molar-refractivity contribution in [3.8, 4) is 0 Å². The fourth-order valence-electron chi connectivity index (χ4n) is 2.28. The molecular weight excluding hydrogens is 288 g/mol. The summed E-state index contributed by atoms with van der Waals surface area (Å²) in [7, 11) is 0. The van der Waals surface area contributed by atoms with Crippen molar-refractivity contribution >= 4 is 17.3 Å². The molecule has 5 heteroatoms. The molecule has 2 aromatic carbocycles. The molecule has 2 aromatic rings. The van der Waals surface area contributed by atoms with Crippen LogP contribution >= 0.6 is 11.6 Å². The SMILES string of the molecule is CCc1ccccc1CNCc1cc(Cl)ccc1[N+](=O)[O-]. The van der Waals surface area contributed by atoms with Crippen LogP contribution in [0.25, 0.3) is 0 Å². The van der Waals surface area contributed by atoms with Gasteiger partial charge in [0.05, 0.1) is 4.92 Å². The summed E-state index contributed by atoms with van der Waals surface area (Å²) in [6.07, 6.45) is 0.967. The first-order valence-electron chi connectivity index (χ1n) is 6.82. The standard InChI is InChI=1S/C16H17ClN2O2/c1-2-12-5-3-4-6-13(12)10-18-11-14-9-15(17)7-8-16(14)19(20)21/h3-9,18H,2,10-11H2,1H3. The van der Waals surface area contributed by atoms with E-state index in [0.717, 1.165) is 6.42 Å². The zero-order valence-electron chi connectivity index (χ0n) is 11.8. The number of nitro benzene ring substituents is 1. The van der Waals surface area contributed by atoms with E-state index in [9.17, 15) is 10.1 Å². The van der Waals surface area contributed by atoms with E-state index in [0.29, 0.717) is 23.7 Å². The van der Waals surface area contributed by atoms with Crippen molar-refractivity contribution in [3.05, 3.63) is 74.3 Å². The first-order chi connectivity index (χ1) is 10.1. The van der Waals surface area contributed by atoms with Gasteiger partial charge in [-0.2, -0.15) is 0 Å². The molecule has 0 fully saturated rings. The molecule has 4 nitrogen and oxygen atoms in total. The third-order valence-electron chi connectivity index (χ3n) is 3.37. The van der Waals surface area contributed by atoms with E-state index in [2.05, 4.69) is 24.4 Å². The van der Waals surface area contributed by atoms with Crippen LogP contribution in [0.2, 0.25) is 5.02 Å². The van der Waals surface area contributed by atoms with Gasteiger partial charge in [0.15, 0.2) is 0 Å². The molecule has 0 aliphatic carbocycles. The molecule has 1 N–H and O–H groups in total. The minimum atomic E-state index is -0.382. The Bertz CT molecular complexity index is 644. The van der Waals surface area contributed by atoms with E-state index in [-0.39, 0.29) is 10.6 Å². The molecule has 0 radical (unpaired) electrons. The smallest absolute Gasteiger partial charge is 0.273 e. The molecule has 0 aliphatic rings. The van der Waals surface area contributed by atoms with Crippen molar-refractivity contribution in [2.24, 2.45) is 0 Å². The zero-order valence-corrected chi connectivity index (χ0v) is 12.6. The van der Waals surface area contributed by atoms with Crippen molar-refractivity contribution in [1.29, 1.82) is 0 Å². The molecule has 0 saturated heterocycles. The van der Waals surface area contributed by atoms with Crippen LogP contribution in [-0.2, 0) is 19.5 Å². The fourth-order valence-corrected chi connectivity index (χ4v) is 2.48. The Hall–Kier alpha value is -1.91. The van der Waals surface area contributed by atoms with Crippen molar-refractivity contribution in [1.82, 2.24) is 5.32 Å². The zero-order chi connectivity index (χ0) is 15.2. The highest BCUT2D eigenvalue weighted by Gasteiger charge is 2.13. The predicted molar refractivity (Wildman–Crippen MR) is 84.5 cm³/mol. The van der Waals surface area contributed by atoms with Crippen molar-refractivity contribution in [2.75, 3.05) is 0 Å². The Kier molecular flexibility index (Phi) is 5.31. The molecular formula is C16H17ClN2O2. The fraction of sp³-hybridized carbons (Fsp3) is 0.250. The predicted octanol–water partition coefficient (Wildman–Crippen LogP) is 4.10. The maximum absolute atomic E-state index is 11.0. The number of nitrogens with zero attached hydrogens (tertiary/aromatic N) is 1. The maximum atomic E-state index is 11.0. The molecule has 0 bridgehead atoms. The monoisotopic (exact) mass is 304 g/mol. The van der Waals surface area contributed by atoms with E-state index in [1.165, 1.54) is 23.3 Å².